The summed E-state index contributed by atoms with van der Waals surface area (Å²) in [6, 6.07) is 12.0. The first-order valence-electron chi connectivity index (χ1n) is 9.57. The van der Waals surface area contributed by atoms with Crippen LogP contribution in [0.15, 0.2) is 53.6 Å². The number of nitrogens with zero attached hydrogens (tertiary/aromatic N) is 1. The molecule has 28 heavy (non-hydrogen) atoms. The molecule has 1 fully saturated rings. The molecule has 6 nitrogen and oxygen atoms in total. The Labute approximate surface area is 165 Å². The van der Waals surface area contributed by atoms with E-state index < -0.39 is 27.1 Å². The smallest absolute Gasteiger partial charge is 0.251 e. The summed E-state index contributed by atoms with van der Waals surface area (Å²) in [6.07, 6.45) is 4.37. The first kappa shape index (κ1) is 20.5. The van der Waals surface area contributed by atoms with Crippen LogP contribution in [0.3, 0.4) is 0 Å². The van der Waals surface area contributed by atoms with Gasteiger partial charge in [-0.2, -0.15) is 0 Å². The average molecular weight is 404 g/mol. The summed E-state index contributed by atoms with van der Waals surface area (Å²) in [4.78, 5) is 24.3. The fourth-order valence-corrected chi connectivity index (χ4v) is 4.75. The van der Waals surface area contributed by atoms with Gasteiger partial charge in [-0.15, -0.1) is 0 Å². The van der Waals surface area contributed by atoms with Crippen molar-refractivity contribution in [3.05, 3.63) is 54.4 Å². The summed E-state index contributed by atoms with van der Waals surface area (Å²) in [5.74, 6) is -0.945. The van der Waals surface area contributed by atoms with Crippen molar-refractivity contribution in [2.75, 3.05) is 12.4 Å². The number of hydrogen-bond donors (Lipinski definition) is 0. The van der Waals surface area contributed by atoms with Crippen molar-refractivity contribution in [3.63, 3.8) is 0 Å². The van der Waals surface area contributed by atoms with E-state index >= 15 is 0 Å². The van der Waals surface area contributed by atoms with Crippen molar-refractivity contribution in [2.24, 2.45) is 0 Å². The lowest BCUT2D eigenvalue weighted by molar-refractivity contribution is -0.187. The van der Waals surface area contributed by atoms with E-state index in [1.54, 1.807) is 47.2 Å². The molecule has 150 valence electrons. The number of sulfone groups is 1. The molecule has 1 aliphatic carbocycles. The Morgan fingerprint density at radius 1 is 1.07 bits per heavy atom. The normalized spacial score (nSPS) is 19.6. The van der Waals surface area contributed by atoms with Crippen LogP contribution in [0.2, 0.25) is 0 Å². The third-order valence-electron chi connectivity index (χ3n) is 5.02. The quantitative estimate of drug-likeness (QED) is 0.450. The molecule has 0 aliphatic heterocycles. The maximum absolute atomic E-state index is 12.4. The first-order chi connectivity index (χ1) is 13.4. The Hall–Kier alpha value is -2.25. The summed E-state index contributed by atoms with van der Waals surface area (Å²) in [5.41, 5.74) is -0.468. The second-order valence-electron chi connectivity index (χ2n) is 7.02. The van der Waals surface area contributed by atoms with Crippen molar-refractivity contribution < 1.29 is 22.7 Å². The molecule has 0 amide bonds. The maximum atomic E-state index is 12.4. The van der Waals surface area contributed by atoms with Crippen molar-refractivity contribution in [1.29, 1.82) is 0 Å². The van der Waals surface area contributed by atoms with E-state index in [1.165, 1.54) is 0 Å². The van der Waals surface area contributed by atoms with Gasteiger partial charge in [0.2, 0.25) is 11.5 Å². The predicted molar refractivity (Wildman–Crippen MR) is 105 cm³/mol. The zero-order chi connectivity index (χ0) is 20.2. The number of carbonyl (C=O) groups is 2. The molecular weight excluding hydrogens is 378 g/mol. The highest BCUT2D eigenvalue weighted by molar-refractivity contribution is 7.91. The molecular formula is C21H25NO5S. The van der Waals surface area contributed by atoms with E-state index in [9.17, 15) is 18.0 Å². The van der Waals surface area contributed by atoms with Gasteiger partial charge < -0.3 is 9.30 Å². The number of carbonyl (C=O) groups excluding carboxylic acids is 2. The van der Waals surface area contributed by atoms with E-state index in [1.807, 2.05) is 13.0 Å². The van der Waals surface area contributed by atoms with Gasteiger partial charge in [0, 0.05) is 11.9 Å². The molecule has 0 radical (unpaired) electrons. The highest BCUT2D eigenvalue weighted by Crippen LogP contribution is 2.36. The SMILES string of the molecule is CCCCOC1(n2cccc2CCCS(=O)(=O)c2ccccc2)CC(=O)C1=O. The van der Waals surface area contributed by atoms with Gasteiger partial charge in [0.05, 0.1) is 23.7 Å². The predicted octanol–water partition coefficient (Wildman–Crippen LogP) is 2.91. The summed E-state index contributed by atoms with van der Waals surface area (Å²) in [6.45, 7) is 2.42. The molecule has 0 spiro atoms. The van der Waals surface area contributed by atoms with Crippen LogP contribution in [0.1, 0.15) is 38.3 Å². The molecule has 1 saturated carbocycles. The van der Waals surface area contributed by atoms with Crippen LogP contribution >= 0.6 is 0 Å². The Morgan fingerprint density at radius 3 is 2.46 bits per heavy atom. The number of hydrogen-bond acceptors (Lipinski definition) is 5. The summed E-state index contributed by atoms with van der Waals surface area (Å²) in [7, 11) is -3.35. The molecule has 1 heterocycles. The van der Waals surface area contributed by atoms with Crippen molar-refractivity contribution in [1.82, 2.24) is 4.57 Å². The molecule has 1 aromatic heterocycles. The van der Waals surface area contributed by atoms with Gasteiger partial charge in [-0.05, 0) is 43.5 Å². The van der Waals surface area contributed by atoms with Crippen LogP contribution in [0.4, 0.5) is 0 Å². The highest BCUT2D eigenvalue weighted by Gasteiger charge is 2.56. The maximum Gasteiger partial charge on any atom is 0.251 e. The van der Waals surface area contributed by atoms with Crippen molar-refractivity contribution in [2.45, 2.75) is 49.6 Å². The van der Waals surface area contributed by atoms with Gasteiger partial charge >= 0.3 is 0 Å². The van der Waals surface area contributed by atoms with Crippen molar-refractivity contribution >= 4 is 21.4 Å². The van der Waals surface area contributed by atoms with Crippen molar-refractivity contribution in [3.8, 4) is 0 Å². The Balaban J connectivity index is 1.71. The third-order valence-corrected chi connectivity index (χ3v) is 6.83. The topological polar surface area (TPSA) is 82.4 Å². The summed E-state index contributed by atoms with van der Waals surface area (Å²) in [5, 5.41) is 0. The Morgan fingerprint density at radius 2 is 1.82 bits per heavy atom. The molecule has 1 aromatic carbocycles. The minimum atomic E-state index is -3.35. The van der Waals surface area contributed by atoms with Crippen LogP contribution in [-0.4, -0.2) is 36.9 Å². The number of rotatable bonds is 10. The van der Waals surface area contributed by atoms with Crippen LogP contribution < -0.4 is 0 Å². The lowest BCUT2D eigenvalue weighted by Gasteiger charge is -2.40. The Kier molecular flexibility index (Phi) is 6.15. The molecule has 3 rings (SSSR count). The second kappa shape index (κ2) is 8.41. The minimum Gasteiger partial charge on any atom is -0.348 e. The van der Waals surface area contributed by atoms with Gasteiger partial charge in [0.15, 0.2) is 9.84 Å². The number of benzene rings is 1. The van der Waals surface area contributed by atoms with Crippen LogP contribution in [-0.2, 0) is 36.3 Å². The second-order valence-corrected chi connectivity index (χ2v) is 9.13. The van der Waals surface area contributed by atoms with Gasteiger partial charge in [-0.1, -0.05) is 31.5 Å². The fraction of sp³-hybridized carbons (Fsp3) is 0.429. The lowest BCUT2D eigenvalue weighted by atomic mass is 9.84. The van der Waals surface area contributed by atoms with Gasteiger partial charge in [0.25, 0.3) is 5.78 Å². The van der Waals surface area contributed by atoms with Crippen LogP contribution in [0.5, 0.6) is 0 Å². The number of unbranched alkanes of at least 4 members (excludes halogenated alkanes) is 1. The molecule has 2 aromatic rings. The van der Waals surface area contributed by atoms with Gasteiger partial charge in [-0.25, -0.2) is 8.42 Å². The number of ether oxygens (including phenoxy) is 1. The molecule has 1 aliphatic rings. The number of aromatic nitrogens is 1. The first-order valence-corrected chi connectivity index (χ1v) is 11.2. The van der Waals surface area contributed by atoms with E-state index in [-0.39, 0.29) is 12.2 Å². The monoisotopic (exact) mass is 403 g/mol. The molecule has 1 unspecified atom stereocenters. The van der Waals surface area contributed by atoms with E-state index in [0.29, 0.717) is 24.3 Å². The van der Waals surface area contributed by atoms with E-state index in [2.05, 4.69) is 0 Å². The number of ketones is 2. The van der Waals surface area contributed by atoms with E-state index in [4.69, 9.17) is 4.74 Å². The number of Topliss-reactive ketones (excluding diaryl/α,β-unsaturated/α-hetero) is 2. The zero-order valence-electron chi connectivity index (χ0n) is 16.0. The minimum absolute atomic E-state index is 0.0127. The average Bonchev–Trinajstić information content (AvgIpc) is 3.16. The molecule has 0 bridgehead atoms. The molecule has 7 heteroatoms. The zero-order valence-corrected chi connectivity index (χ0v) is 16.8. The Bertz CT molecular complexity index is 948. The van der Waals surface area contributed by atoms with Crippen LogP contribution in [0, 0.1) is 0 Å². The summed E-state index contributed by atoms with van der Waals surface area (Å²) < 4.78 is 32.5. The standard InChI is InChI=1S/C21H25NO5S/c1-2-3-14-27-21(16-19(23)20(21)24)22-13-7-9-17(22)10-8-15-28(25,26)18-11-5-4-6-12-18/h4-7,9,11-13H,2-3,8,10,14-16H2,1H3. The van der Waals surface area contributed by atoms with Gasteiger partial charge in [-0.3, -0.25) is 9.59 Å². The summed E-state index contributed by atoms with van der Waals surface area (Å²) >= 11 is 0. The lowest BCUT2D eigenvalue weighted by Crippen LogP contribution is -2.59. The molecule has 1 atom stereocenters. The van der Waals surface area contributed by atoms with Crippen LogP contribution in [0.25, 0.3) is 0 Å². The number of aryl methyl sites for hydroxylation is 1. The van der Waals surface area contributed by atoms with E-state index in [0.717, 1.165) is 18.5 Å². The highest BCUT2D eigenvalue weighted by atomic mass is 32.2. The third kappa shape index (κ3) is 3.95. The fourth-order valence-electron chi connectivity index (χ4n) is 3.42. The van der Waals surface area contributed by atoms with Gasteiger partial charge in [0.1, 0.15) is 0 Å². The molecule has 0 N–H and O–H groups in total. The molecule has 0 saturated heterocycles. The largest absolute Gasteiger partial charge is 0.348 e.